The first kappa shape index (κ1) is 17.8. The summed E-state index contributed by atoms with van der Waals surface area (Å²) in [5.74, 6) is 0.463. The number of benzene rings is 1. The Labute approximate surface area is 162 Å². The van der Waals surface area contributed by atoms with E-state index >= 15 is 0 Å². The van der Waals surface area contributed by atoms with Crippen LogP contribution in [0.2, 0.25) is 0 Å². The number of para-hydroxylation sites is 1. The van der Waals surface area contributed by atoms with E-state index < -0.39 is 0 Å². The van der Waals surface area contributed by atoms with E-state index in [1.165, 1.54) is 16.9 Å². The fraction of sp³-hybridized carbons (Fsp3) is 0.333. The molecule has 0 saturated carbocycles. The number of anilines is 1. The third kappa shape index (κ3) is 3.14. The number of nitrogens with zero attached hydrogens (tertiary/aromatic N) is 2. The molecule has 0 spiro atoms. The van der Waals surface area contributed by atoms with Crippen molar-refractivity contribution in [2.45, 2.75) is 33.1 Å². The normalized spacial score (nSPS) is 16.2. The van der Waals surface area contributed by atoms with Gasteiger partial charge in [0, 0.05) is 11.9 Å². The molecular weight excluding hydrogens is 358 g/mol. The monoisotopic (exact) mass is 381 g/mol. The van der Waals surface area contributed by atoms with Gasteiger partial charge in [0.25, 0.3) is 11.5 Å². The van der Waals surface area contributed by atoms with E-state index in [2.05, 4.69) is 12.2 Å². The minimum atomic E-state index is -0.218. The highest BCUT2D eigenvalue weighted by atomic mass is 32.1. The summed E-state index contributed by atoms with van der Waals surface area (Å²) in [7, 11) is 1.82. The van der Waals surface area contributed by atoms with Crippen molar-refractivity contribution >= 4 is 22.9 Å². The molecule has 140 valence electrons. The van der Waals surface area contributed by atoms with Gasteiger partial charge in [0.2, 0.25) is 0 Å². The number of carbonyl (C=O) groups is 1. The molecule has 0 bridgehead atoms. The lowest BCUT2D eigenvalue weighted by atomic mass is 9.90. The Morgan fingerprint density at radius 2 is 2.00 bits per heavy atom. The fourth-order valence-corrected chi connectivity index (χ4v) is 4.81. The Morgan fingerprint density at radius 3 is 2.74 bits per heavy atom. The molecule has 1 atom stereocenters. The predicted molar refractivity (Wildman–Crippen MR) is 109 cm³/mol. The summed E-state index contributed by atoms with van der Waals surface area (Å²) >= 11 is 1.56. The van der Waals surface area contributed by atoms with Gasteiger partial charge in [0.05, 0.1) is 16.3 Å². The van der Waals surface area contributed by atoms with E-state index in [1.807, 2.05) is 50.4 Å². The van der Waals surface area contributed by atoms with Gasteiger partial charge in [0.15, 0.2) is 0 Å². The van der Waals surface area contributed by atoms with Gasteiger partial charge in [-0.25, -0.2) is 4.68 Å². The topological polar surface area (TPSA) is 56.0 Å². The number of carbonyl (C=O) groups excluding carboxylic acids is 1. The molecule has 1 aromatic carbocycles. The van der Waals surface area contributed by atoms with Crippen LogP contribution in [0.3, 0.4) is 0 Å². The first-order chi connectivity index (χ1) is 13.0. The van der Waals surface area contributed by atoms with Gasteiger partial charge < -0.3 is 5.32 Å². The number of rotatable bonds is 3. The Kier molecular flexibility index (Phi) is 4.52. The zero-order valence-corrected chi connectivity index (χ0v) is 16.6. The van der Waals surface area contributed by atoms with E-state index in [4.69, 9.17) is 0 Å². The van der Waals surface area contributed by atoms with Crippen molar-refractivity contribution in [1.82, 2.24) is 9.36 Å². The van der Waals surface area contributed by atoms with Crippen LogP contribution in [0.25, 0.3) is 5.69 Å². The third-order valence-electron chi connectivity index (χ3n) is 5.35. The lowest BCUT2D eigenvalue weighted by Crippen LogP contribution is -2.22. The molecule has 2 aromatic heterocycles. The average molecular weight is 382 g/mol. The van der Waals surface area contributed by atoms with Gasteiger partial charge in [-0.15, -0.1) is 11.3 Å². The summed E-state index contributed by atoms with van der Waals surface area (Å²) in [6, 6.07) is 11.4. The van der Waals surface area contributed by atoms with Gasteiger partial charge in [-0.05, 0) is 55.9 Å². The maximum atomic E-state index is 12.9. The van der Waals surface area contributed by atoms with Gasteiger partial charge >= 0.3 is 0 Å². The third-order valence-corrected chi connectivity index (χ3v) is 6.58. The second-order valence-electron chi connectivity index (χ2n) is 7.30. The molecule has 27 heavy (non-hydrogen) atoms. The lowest BCUT2D eigenvalue weighted by molar-refractivity contribution is 0.103. The molecule has 0 aliphatic heterocycles. The standard InChI is InChI=1S/C21H23N3O2S/c1-13-9-10-17-15(11-13)12-18(27-17)20(25)22-19-14(2)23(3)24(21(19)26)16-7-5-4-6-8-16/h4-8,12-13H,9-11H2,1-3H3,(H,22,25). The first-order valence-electron chi connectivity index (χ1n) is 9.22. The average Bonchev–Trinajstić information content (AvgIpc) is 3.17. The van der Waals surface area contributed by atoms with E-state index in [-0.39, 0.29) is 11.5 Å². The number of nitrogens with one attached hydrogen (secondary N) is 1. The summed E-state index contributed by atoms with van der Waals surface area (Å²) in [4.78, 5) is 27.8. The summed E-state index contributed by atoms with van der Waals surface area (Å²) < 4.78 is 3.35. The molecule has 6 heteroatoms. The molecule has 1 N–H and O–H groups in total. The number of amides is 1. The van der Waals surface area contributed by atoms with Crippen LogP contribution in [0, 0.1) is 12.8 Å². The van der Waals surface area contributed by atoms with Crippen molar-refractivity contribution in [2.24, 2.45) is 13.0 Å². The lowest BCUT2D eigenvalue weighted by Gasteiger charge is -2.16. The quantitative estimate of drug-likeness (QED) is 0.747. The van der Waals surface area contributed by atoms with Crippen LogP contribution in [0.5, 0.6) is 0 Å². The van der Waals surface area contributed by atoms with Crippen LogP contribution in [-0.2, 0) is 19.9 Å². The van der Waals surface area contributed by atoms with Crippen LogP contribution >= 0.6 is 11.3 Å². The molecule has 1 amide bonds. The van der Waals surface area contributed by atoms with Crippen molar-refractivity contribution in [1.29, 1.82) is 0 Å². The van der Waals surface area contributed by atoms with E-state index in [1.54, 1.807) is 20.7 Å². The van der Waals surface area contributed by atoms with Crippen LogP contribution in [0.4, 0.5) is 5.69 Å². The van der Waals surface area contributed by atoms with Crippen LogP contribution in [0.1, 0.15) is 39.2 Å². The number of aryl methyl sites for hydroxylation is 1. The molecule has 3 aromatic rings. The SMILES string of the molecule is Cc1c(NC(=O)c2cc3c(s2)CCC(C)C3)c(=O)n(-c2ccccc2)n1C. The predicted octanol–water partition coefficient (Wildman–Crippen LogP) is 3.92. The van der Waals surface area contributed by atoms with Gasteiger partial charge in [-0.1, -0.05) is 25.1 Å². The minimum Gasteiger partial charge on any atom is -0.315 e. The Hall–Kier alpha value is -2.60. The van der Waals surface area contributed by atoms with Crippen molar-refractivity contribution in [3.05, 3.63) is 67.8 Å². The largest absolute Gasteiger partial charge is 0.315 e. The van der Waals surface area contributed by atoms with Crippen LogP contribution < -0.4 is 10.9 Å². The summed E-state index contributed by atoms with van der Waals surface area (Å²) in [6.45, 7) is 4.09. The van der Waals surface area contributed by atoms with Crippen LogP contribution in [0.15, 0.2) is 41.2 Å². The maximum absolute atomic E-state index is 12.9. The minimum absolute atomic E-state index is 0.201. The second-order valence-corrected chi connectivity index (χ2v) is 8.43. The molecule has 2 heterocycles. The highest BCUT2D eigenvalue weighted by molar-refractivity contribution is 7.14. The molecule has 4 rings (SSSR count). The number of hydrogen-bond donors (Lipinski definition) is 1. The Balaban J connectivity index is 1.66. The summed E-state index contributed by atoms with van der Waals surface area (Å²) in [6.07, 6.45) is 3.25. The first-order valence-corrected chi connectivity index (χ1v) is 10.0. The van der Waals surface area contributed by atoms with Crippen molar-refractivity contribution in [2.75, 3.05) is 5.32 Å². The Bertz CT molecular complexity index is 1060. The van der Waals surface area contributed by atoms with Crippen molar-refractivity contribution < 1.29 is 4.79 Å². The van der Waals surface area contributed by atoms with Gasteiger partial charge in [-0.2, -0.15) is 0 Å². The maximum Gasteiger partial charge on any atom is 0.295 e. The van der Waals surface area contributed by atoms with Gasteiger partial charge in [-0.3, -0.25) is 14.3 Å². The highest BCUT2D eigenvalue weighted by Crippen LogP contribution is 2.32. The van der Waals surface area contributed by atoms with Crippen molar-refractivity contribution in [3.63, 3.8) is 0 Å². The van der Waals surface area contributed by atoms with E-state index in [0.29, 0.717) is 16.5 Å². The Morgan fingerprint density at radius 1 is 1.26 bits per heavy atom. The molecular formula is C21H23N3O2S. The van der Waals surface area contributed by atoms with Crippen molar-refractivity contribution in [3.8, 4) is 5.69 Å². The molecule has 0 saturated heterocycles. The smallest absolute Gasteiger partial charge is 0.295 e. The number of thiophene rings is 1. The summed E-state index contributed by atoms with van der Waals surface area (Å²) in [5, 5.41) is 2.86. The number of aromatic nitrogens is 2. The molecule has 1 unspecified atom stereocenters. The molecule has 1 aliphatic carbocycles. The zero-order chi connectivity index (χ0) is 19.1. The second kappa shape index (κ2) is 6.85. The molecule has 1 aliphatic rings. The van der Waals surface area contributed by atoms with Gasteiger partial charge in [0.1, 0.15) is 5.69 Å². The van der Waals surface area contributed by atoms with E-state index in [0.717, 1.165) is 24.2 Å². The molecule has 0 radical (unpaired) electrons. The molecule has 0 fully saturated rings. The van der Waals surface area contributed by atoms with Crippen LogP contribution in [-0.4, -0.2) is 15.3 Å². The molecule has 5 nitrogen and oxygen atoms in total. The highest BCUT2D eigenvalue weighted by Gasteiger charge is 2.23. The summed E-state index contributed by atoms with van der Waals surface area (Å²) in [5.41, 5.74) is 2.91. The number of fused-ring (bicyclic) bond motifs is 1. The zero-order valence-electron chi connectivity index (χ0n) is 15.8. The number of hydrogen-bond acceptors (Lipinski definition) is 3. The fourth-order valence-electron chi connectivity index (χ4n) is 3.71. The van der Waals surface area contributed by atoms with E-state index in [9.17, 15) is 9.59 Å².